The lowest BCUT2D eigenvalue weighted by Crippen LogP contribution is -1.95. The lowest BCUT2D eigenvalue weighted by Gasteiger charge is -2.03. The van der Waals surface area contributed by atoms with Gasteiger partial charge in [-0.3, -0.25) is 4.79 Å². The van der Waals surface area contributed by atoms with Crippen molar-refractivity contribution in [1.82, 2.24) is 0 Å². The number of hydrogen-bond acceptors (Lipinski definition) is 2. The van der Waals surface area contributed by atoms with E-state index in [4.69, 9.17) is 5.26 Å². The van der Waals surface area contributed by atoms with Crippen LogP contribution in [0.3, 0.4) is 0 Å². The molecule has 0 fully saturated rings. The third-order valence-corrected chi connectivity index (χ3v) is 3.76. The van der Waals surface area contributed by atoms with Gasteiger partial charge in [-0.15, -0.1) is 0 Å². The van der Waals surface area contributed by atoms with Gasteiger partial charge in [0.2, 0.25) is 0 Å². The number of ketones is 1. The van der Waals surface area contributed by atoms with Crippen LogP contribution < -0.4 is 0 Å². The number of nitriles is 1. The van der Waals surface area contributed by atoms with Crippen LogP contribution in [0.1, 0.15) is 22.8 Å². The zero-order valence-electron chi connectivity index (χ0n) is 6.77. The third kappa shape index (κ3) is 1.98. The molecule has 0 amide bonds. The van der Waals surface area contributed by atoms with E-state index in [-0.39, 0.29) is 5.78 Å². The minimum Gasteiger partial charge on any atom is -0.294 e. The van der Waals surface area contributed by atoms with Crippen molar-refractivity contribution in [2.24, 2.45) is 0 Å². The van der Waals surface area contributed by atoms with Crippen LogP contribution in [0.15, 0.2) is 21.1 Å². The number of benzene rings is 1. The Bertz CT molecular complexity index is 407. The van der Waals surface area contributed by atoms with Gasteiger partial charge in [0, 0.05) is 10.0 Å². The summed E-state index contributed by atoms with van der Waals surface area (Å²) in [5.74, 6) is -0.0305. The molecule has 0 N–H and O–H groups in total. The number of rotatable bonds is 1. The first-order valence-electron chi connectivity index (χ1n) is 3.47. The molecular formula is C9H5Br2NO. The number of nitrogens with zero attached hydrogens (tertiary/aromatic N) is 1. The van der Waals surface area contributed by atoms with E-state index >= 15 is 0 Å². The molecule has 0 atom stereocenters. The second kappa shape index (κ2) is 4.03. The average molecular weight is 303 g/mol. The first kappa shape index (κ1) is 10.4. The van der Waals surface area contributed by atoms with E-state index in [1.807, 2.05) is 6.07 Å². The molecule has 0 aliphatic carbocycles. The lowest BCUT2D eigenvalue weighted by molar-refractivity contribution is 0.101. The number of carbonyl (C=O) groups excluding carboxylic acids is 1. The highest BCUT2D eigenvalue weighted by molar-refractivity contribution is 9.13. The molecule has 0 aliphatic heterocycles. The van der Waals surface area contributed by atoms with Crippen LogP contribution in [-0.2, 0) is 0 Å². The first-order chi connectivity index (χ1) is 6.07. The minimum atomic E-state index is -0.0305. The first-order valence-corrected chi connectivity index (χ1v) is 5.05. The van der Waals surface area contributed by atoms with Crippen molar-refractivity contribution in [3.63, 3.8) is 0 Å². The summed E-state index contributed by atoms with van der Waals surface area (Å²) in [7, 11) is 0. The summed E-state index contributed by atoms with van der Waals surface area (Å²) >= 11 is 6.49. The van der Waals surface area contributed by atoms with Crippen LogP contribution in [0, 0.1) is 11.3 Å². The van der Waals surface area contributed by atoms with Crippen molar-refractivity contribution in [3.8, 4) is 6.07 Å². The topological polar surface area (TPSA) is 40.9 Å². The van der Waals surface area contributed by atoms with Gasteiger partial charge in [0.25, 0.3) is 0 Å². The van der Waals surface area contributed by atoms with Gasteiger partial charge < -0.3 is 0 Å². The SMILES string of the molecule is CC(=O)c1ccc(C#N)c(Br)c1Br. The zero-order chi connectivity index (χ0) is 10.0. The largest absolute Gasteiger partial charge is 0.294 e. The van der Waals surface area contributed by atoms with Gasteiger partial charge in [-0.1, -0.05) is 0 Å². The van der Waals surface area contributed by atoms with E-state index in [1.54, 1.807) is 12.1 Å². The fraction of sp³-hybridized carbons (Fsp3) is 0.111. The zero-order valence-corrected chi connectivity index (χ0v) is 9.94. The van der Waals surface area contributed by atoms with Gasteiger partial charge in [0.15, 0.2) is 5.78 Å². The van der Waals surface area contributed by atoms with Crippen molar-refractivity contribution in [1.29, 1.82) is 5.26 Å². The molecule has 2 nitrogen and oxygen atoms in total. The Labute approximate surface area is 92.8 Å². The highest BCUT2D eigenvalue weighted by atomic mass is 79.9. The summed E-state index contributed by atoms with van der Waals surface area (Å²) in [6, 6.07) is 5.27. The quantitative estimate of drug-likeness (QED) is 0.747. The van der Waals surface area contributed by atoms with Crippen molar-refractivity contribution in [3.05, 3.63) is 32.2 Å². The smallest absolute Gasteiger partial charge is 0.160 e. The molecule has 13 heavy (non-hydrogen) atoms. The van der Waals surface area contributed by atoms with E-state index in [0.717, 1.165) is 0 Å². The Morgan fingerprint density at radius 2 is 2.00 bits per heavy atom. The summed E-state index contributed by atoms with van der Waals surface area (Å²) in [4.78, 5) is 11.1. The monoisotopic (exact) mass is 301 g/mol. The van der Waals surface area contributed by atoms with E-state index in [0.29, 0.717) is 20.1 Å². The van der Waals surface area contributed by atoms with Gasteiger partial charge in [-0.2, -0.15) is 5.26 Å². The van der Waals surface area contributed by atoms with Crippen LogP contribution in [-0.4, -0.2) is 5.78 Å². The molecule has 1 aromatic carbocycles. The Hall–Kier alpha value is -0.660. The van der Waals surface area contributed by atoms with E-state index in [2.05, 4.69) is 31.9 Å². The molecule has 66 valence electrons. The predicted molar refractivity (Wildman–Crippen MR) is 56.6 cm³/mol. The van der Waals surface area contributed by atoms with E-state index in [1.165, 1.54) is 6.92 Å². The van der Waals surface area contributed by atoms with Crippen molar-refractivity contribution >= 4 is 37.6 Å². The second-order valence-electron chi connectivity index (χ2n) is 2.46. The number of halogens is 2. The highest BCUT2D eigenvalue weighted by Gasteiger charge is 2.11. The molecule has 0 unspecified atom stereocenters. The van der Waals surface area contributed by atoms with Crippen molar-refractivity contribution in [2.75, 3.05) is 0 Å². The molecular weight excluding hydrogens is 298 g/mol. The Kier molecular flexibility index (Phi) is 3.23. The molecule has 0 spiro atoms. The third-order valence-electron chi connectivity index (χ3n) is 1.58. The van der Waals surface area contributed by atoms with Gasteiger partial charge in [0.1, 0.15) is 6.07 Å². The molecule has 0 aliphatic rings. The number of hydrogen-bond donors (Lipinski definition) is 0. The summed E-state index contributed by atoms with van der Waals surface area (Å²) < 4.78 is 1.27. The van der Waals surface area contributed by atoms with Crippen molar-refractivity contribution < 1.29 is 4.79 Å². The molecule has 0 saturated heterocycles. The van der Waals surface area contributed by atoms with Crippen LogP contribution in [0.4, 0.5) is 0 Å². The van der Waals surface area contributed by atoms with Gasteiger partial charge in [-0.05, 0) is 50.9 Å². The molecule has 0 saturated carbocycles. The van der Waals surface area contributed by atoms with Crippen LogP contribution in [0.25, 0.3) is 0 Å². The molecule has 4 heteroatoms. The minimum absolute atomic E-state index is 0.0305. The molecule has 1 aromatic rings. The molecule has 0 heterocycles. The maximum absolute atomic E-state index is 11.1. The summed E-state index contributed by atoms with van der Waals surface area (Å²) in [6.07, 6.45) is 0. The standard InChI is InChI=1S/C9H5Br2NO/c1-5(13)7-3-2-6(4-12)8(10)9(7)11/h2-3H,1H3. The number of Topliss-reactive ketones (excluding diaryl/α,β-unsaturated/α-hetero) is 1. The van der Waals surface area contributed by atoms with Crippen LogP contribution in [0.5, 0.6) is 0 Å². The summed E-state index contributed by atoms with van der Waals surface area (Å²) in [6.45, 7) is 1.48. The fourth-order valence-corrected chi connectivity index (χ4v) is 1.97. The Morgan fingerprint density at radius 3 is 2.46 bits per heavy atom. The molecule has 1 rings (SSSR count). The predicted octanol–water partition coefficient (Wildman–Crippen LogP) is 3.29. The van der Waals surface area contributed by atoms with Gasteiger partial charge >= 0.3 is 0 Å². The number of carbonyl (C=O) groups is 1. The normalized spacial score (nSPS) is 9.38. The molecule has 0 aromatic heterocycles. The molecule has 0 radical (unpaired) electrons. The van der Waals surface area contributed by atoms with Crippen LogP contribution >= 0.6 is 31.9 Å². The van der Waals surface area contributed by atoms with Gasteiger partial charge in [-0.25, -0.2) is 0 Å². The summed E-state index contributed by atoms with van der Waals surface area (Å²) in [5, 5.41) is 8.69. The Morgan fingerprint density at radius 1 is 1.38 bits per heavy atom. The average Bonchev–Trinajstić information content (AvgIpc) is 2.09. The van der Waals surface area contributed by atoms with Gasteiger partial charge in [0.05, 0.1) is 10.0 Å². The fourth-order valence-electron chi connectivity index (χ4n) is 0.908. The van der Waals surface area contributed by atoms with Crippen LogP contribution in [0.2, 0.25) is 0 Å². The summed E-state index contributed by atoms with van der Waals surface area (Å²) in [5.41, 5.74) is 1.09. The van der Waals surface area contributed by atoms with Crippen molar-refractivity contribution in [2.45, 2.75) is 6.92 Å². The maximum atomic E-state index is 11.1. The maximum Gasteiger partial charge on any atom is 0.160 e. The van der Waals surface area contributed by atoms with E-state index < -0.39 is 0 Å². The second-order valence-corrected chi connectivity index (χ2v) is 4.04. The Balaban J connectivity index is 3.42. The van der Waals surface area contributed by atoms with E-state index in [9.17, 15) is 4.79 Å². The lowest BCUT2D eigenvalue weighted by atomic mass is 10.1. The highest BCUT2D eigenvalue weighted by Crippen LogP contribution is 2.30. The molecule has 0 bridgehead atoms.